The Balaban J connectivity index is 4.51. The third-order valence-electron chi connectivity index (χ3n) is 2.81. The van der Waals surface area contributed by atoms with Gasteiger partial charge in [0.15, 0.2) is 0 Å². The summed E-state index contributed by atoms with van der Waals surface area (Å²) < 4.78 is 5.19. The van der Waals surface area contributed by atoms with Crippen molar-refractivity contribution in [2.75, 3.05) is 26.3 Å². The van der Waals surface area contributed by atoms with Crippen LogP contribution in [0.5, 0.6) is 0 Å². The van der Waals surface area contributed by atoms with Crippen molar-refractivity contribution in [1.82, 2.24) is 10.2 Å². The number of ether oxygens (including phenoxy) is 1. The van der Waals surface area contributed by atoms with E-state index in [1.807, 2.05) is 45.6 Å². The molecule has 0 aromatic carbocycles. The van der Waals surface area contributed by atoms with Gasteiger partial charge in [0.1, 0.15) is 11.6 Å². The lowest BCUT2D eigenvalue weighted by Crippen LogP contribution is -2.38. The summed E-state index contributed by atoms with van der Waals surface area (Å²) in [7, 11) is 0. The Kier molecular flexibility index (Phi) is 8.66. The average Bonchev–Trinajstić information content (AvgIpc) is 2.38. The molecule has 0 fully saturated rings. The maximum absolute atomic E-state index is 11.9. The number of nitrogens with one attached hydrogen (secondary N) is 1. The van der Waals surface area contributed by atoms with Gasteiger partial charge in [-0.3, -0.25) is 4.79 Å². The SMILES string of the molecule is CCOCCCNC(=O)/C(C#N)=C\N(CC)C(C)(C)C. The molecule has 1 amide bonds. The third-order valence-corrected chi connectivity index (χ3v) is 2.81. The molecule has 0 aromatic heterocycles. The van der Waals surface area contributed by atoms with Crippen molar-refractivity contribution < 1.29 is 9.53 Å². The minimum atomic E-state index is -0.327. The number of rotatable bonds is 8. The molecule has 0 unspecified atom stereocenters. The van der Waals surface area contributed by atoms with Crippen LogP contribution in [0, 0.1) is 11.3 Å². The van der Waals surface area contributed by atoms with Gasteiger partial charge in [-0.1, -0.05) is 0 Å². The molecular weight excluding hydrogens is 254 g/mol. The van der Waals surface area contributed by atoms with E-state index in [1.54, 1.807) is 6.20 Å². The zero-order valence-corrected chi connectivity index (χ0v) is 13.3. The first-order valence-corrected chi connectivity index (χ1v) is 7.11. The maximum Gasteiger partial charge on any atom is 0.263 e. The van der Waals surface area contributed by atoms with E-state index in [9.17, 15) is 4.79 Å². The average molecular weight is 281 g/mol. The molecule has 0 spiro atoms. The van der Waals surface area contributed by atoms with Crippen molar-refractivity contribution in [1.29, 1.82) is 5.26 Å². The number of amides is 1. The standard InChI is InChI=1S/C15H27N3O2/c1-6-18(15(3,4)5)12-13(11-16)14(19)17-9-8-10-20-7-2/h12H,6-10H2,1-5H3,(H,17,19)/b13-12-. The highest BCUT2D eigenvalue weighted by Crippen LogP contribution is 2.14. The predicted octanol–water partition coefficient (Wildman–Crippen LogP) is 2.06. The summed E-state index contributed by atoms with van der Waals surface area (Å²) in [6.45, 7) is 12.6. The van der Waals surface area contributed by atoms with Crippen LogP contribution < -0.4 is 5.32 Å². The van der Waals surface area contributed by atoms with Gasteiger partial charge in [-0.2, -0.15) is 5.26 Å². The van der Waals surface area contributed by atoms with Gasteiger partial charge in [0.05, 0.1) is 0 Å². The van der Waals surface area contributed by atoms with E-state index in [0.717, 1.165) is 13.0 Å². The fourth-order valence-electron chi connectivity index (χ4n) is 1.67. The first-order chi connectivity index (χ1) is 9.36. The minimum absolute atomic E-state index is 0.119. The van der Waals surface area contributed by atoms with Crippen molar-refractivity contribution in [3.05, 3.63) is 11.8 Å². The molecule has 0 heterocycles. The molecule has 0 atom stereocenters. The monoisotopic (exact) mass is 281 g/mol. The molecule has 5 heteroatoms. The molecule has 0 rings (SSSR count). The quantitative estimate of drug-likeness (QED) is 0.420. The van der Waals surface area contributed by atoms with E-state index in [4.69, 9.17) is 10.00 Å². The Bertz CT molecular complexity index is 364. The molecule has 5 nitrogen and oxygen atoms in total. The van der Waals surface area contributed by atoms with Crippen LogP contribution in [0.2, 0.25) is 0 Å². The molecule has 114 valence electrons. The summed E-state index contributed by atoms with van der Waals surface area (Å²) in [6.07, 6.45) is 2.38. The van der Waals surface area contributed by atoms with Gasteiger partial charge >= 0.3 is 0 Å². The molecule has 0 aliphatic heterocycles. The lowest BCUT2D eigenvalue weighted by atomic mass is 10.1. The molecule has 1 N–H and O–H groups in total. The molecule has 0 aliphatic carbocycles. The number of hydrogen-bond acceptors (Lipinski definition) is 4. The van der Waals surface area contributed by atoms with Crippen LogP contribution in [0.25, 0.3) is 0 Å². The summed E-state index contributed by atoms with van der Waals surface area (Å²) in [5, 5.41) is 11.9. The van der Waals surface area contributed by atoms with Crippen LogP contribution in [-0.4, -0.2) is 42.6 Å². The van der Waals surface area contributed by atoms with Gasteiger partial charge in [0.25, 0.3) is 5.91 Å². The Morgan fingerprint density at radius 2 is 2.05 bits per heavy atom. The topological polar surface area (TPSA) is 65.4 Å². The van der Waals surface area contributed by atoms with Crippen LogP contribution in [0.4, 0.5) is 0 Å². The van der Waals surface area contributed by atoms with E-state index in [0.29, 0.717) is 19.8 Å². The number of nitrogens with zero attached hydrogens (tertiary/aromatic N) is 2. The van der Waals surface area contributed by atoms with Crippen LogP contribution >= 0.6 is 0 Å². The van der Waals surface area contributed by atoms with E-state index in [2.05, 4.69) is 5.32 Å². The van der Waals surface area contributed by atoms with Crippen LogP contribution in [0.1, 0.15) is 41.0 Å². The van der Waals surface area contributed by atoms with Gasteiger partial charge in [0, 0.05) is 38.0 Å². The van der Waals surface area contributed by atoms with Gasteiger partial charge in [-0.15, -0.1) is 0 Å². The number of carbonyl (C=O) groups is 1. The molecule has 0 saturated heterocycles. The molecule has 0 aliphatic rings. The van der Waals surface area contributed by atoms with Crippen LogP contribution in [0.3, 0.4) is 0 Å². The normalized spacial score (nSPS) is 11.9. The summed E-state index contributed by atoms with van der Waals surface area (Å²) in [5.74, 6) is -0.327. The smallest absolute Gasteiger partial charge is 0.263 e. The summed E-state index contributed by atoms with van der Waals surface area (Å²) in [4.78, 5) is 13.9. The second-order valence-electron chi connectivity index (χ2n) is 5.42. The summed E-state index contributed by atoms with van der Waals surface area (Å²) >= 11 is 0. The summed E-state index contributed by atoms with van der Waals surface area (Å²) in [6, 6.07) is 1.97. The second kappa shape index (κ2) is 9.38. The third kappa shape index (κ3) is 7.15. The second-order valence-corrected chi connectivity index (χ2v) is 5.42. The lowest BCUT2D eigenvalue weighted by molar-refractivity contribution is -0.117. The van der Waals surface area contributed by atoms with Gasteiger partial charge in [-0.05, 0) is 41.0 Å². The molecule has 0 bridgehead atoms. The highest BCUT2D eigenvalue weighted by molar-refractivity contribution is 5.97. The molecular formula is C15H27N3O2. The van der Waals surface area contributed by atoms with Gasteiger partial charge < -0.3 is 15.0 Å². The van der Waals surface area contributed by atoms with Crippen molar-refractivity contribution in [2.24, 2.45) is 0 Å². The van der Waals surface area contributed by atoms with E-state index < -0.39 is 0 Å². The Labute approximate surface area is 122 Å². The largest absolute Gasteiger partial charge is 0.382 e. The van der Waals surface area contributed by atoms with E-state index >= 15 is 0 Å². The van der Waals surface area contributed by atoms with Crippen molar-refractivity contribution in [3.63, 3.8) is 0 Å². The van der Waals surface area contributed by atoms with Crippen molar-refractivity contribution >= 4 is 5.91 Å². The van der Waals surface area contributed by atoms with Gasteiger partial charge in [-0.25, -0.2) is 0 Å². The maximum atomic E-state index is 11.9. The van der Waals surface area contributed by atoms with Crippen LogP contribution in [-0.2, 0) is 9.53 Å². The van der Waals surface area contributed by atoms with Crippen molar-refractivity contribution in [3.8, 4) is 6.07 Å². The van der Waals surface area contributed by atoms with Gasteiger partial charge in [0.2, 0.25) is 0 Å². The summed E-state index contributed by atoms with van der Waals surface area (Å²) in [5.41, 5.74) is 0.0183. The Morgan fingerprint density at radius 1 is 1.40 bits per heavy atom. The predicted molar refractivity (Wildman–Crippen MR) is 79.9 cm³/mol. The van der Waals surface area contributed by atoms with Crippen LogP contribution in [0.15, 0.2) is 11.8 Å². The minimum Gasteiger partial charge on any atom is -0.382 e. The van der Waals surface area contributed by atoms with Crippen molar-refractivity contribution in [2.45, 2.75) is 46.6 Å². The highest BCUT2D eigenvalue weighted by Gasteiger charge is 2.19. The Morgan fingerprint density at radius 3 is 2.50 bits per heavy atom. The number of hydrogen-bond donors (Lipinski definition) is 1. The highest BCUT2D eigenvalue weighted by atomic mass is 16.5. The van der Waals surface area contributed by atoms with E-state index in [-0.39, 0.29) is 17.0 Å². The molecule has 20 heavy (non-hydrogen) atoms. The zero-order chi connectivity index (χ0) is 15.6. The fraction of sp³-hybridized carbons (Fsp3) is 0.733. The molecule has 0 radical (unpaired) electrons. The first-order valence-electron chi connectivity index (χ1n) is 7.11. The number of nitriles is 1. The Hall–Kier alpha value is -1.54. The zero-order valence-electron chi connectivity index (χ0n) is 13.3. The van der Waals surface area contributed by atoms with E-state index in [1.165, 1.54) is 0 Å². The fourth-order valence-corrected chi connectivity index (χ4v) is 1.67. The molecule has 0 saturated carbocycles. The lowest BCUT2D eigenvalue weighted by Gasteiger charge is -2.33. The number of carbonyl (C=O) groups excluding carboxylic acids is 1. The first kappa shape index (κ1) is 18.5. The molecule has 0 aromatic rings.